The lowest BCUT2D eigenvalue weighted by Crippen LogP contribution is -2.49. The third-order valence-electron chi connectivity index (χ3n) is 6.59. The Morgan fingerprint density at radius 3 is 2.48 bits per heavy atom. The van der Waals surface area contributed by atoms with E-state index in [4.69, 9.17) is 14.3 Å². The van der Waals surface area contributed by atoms with Crippen molar-refractivity contribution in [1.29, 1.82) is 0 Å². The van der Waals surface area contributed by atoms with Crippen molar-refractivity contribution < 1.29 is 28.6 Å². The van der Waals surface area contributed by atoms with Gasteiger partial charge >= 0.3 is 12.1 Å². The molecular weight excluding hydrogens is 424 g/mol. The number of hydrogen-bond donors (Lipinski definition) is 2. The number of nitrogens with zero attached hydrogens (tertiary/aromatic N) is 1. The first-order valence-corrected chi connectivity index (χ1v) is 11.7. The largest absolute Gasteiger partial charge is 0.475 e. The SMILES string of the molecule is CC(C)(C)OC(=O)N1CC[C@@H](C2CCCCC2)[C@@H]1C(=O)Nc1ccc2oc(C(=O)O)cc2c1. The Kier molecular flexibility index (Phi) is 6.36. The average molecular weight is 457 g/mol. The Balaban J connectivity index is 1.57. The summed E-state index contributed by atoms with van der Waals surface area (Å²) in [4.78, 5) is 39.2. The number of carbonyl (C=O) groups excluding carboxylic acids is 2. The van der Waals surface area contributed by atoms with Crippen molar-refractivity contribution in [1.82, 2.24) is 4.90 Å². The Labute approximate surface area is 193 Å². The monoisotopic (exact) mass is 456 g/mol. The van der Waals surface area contributed by atoms with Gasteiger partial charge in [0.05, 0.1) is 0 Å². The van der Waals surface area contributed by atoms with Gasteiger partial charge in [0.15, 0.2) is 0 Å². The number of rotatable bonds is 4. The van der Waals surface area contributed by atoms with Gasteiger partial charge in [0, 0.05) is 17.6 Å². The van der Waals surface area contributed by atoms with Crippen molar-refractivity contribution in [3.63, 3.8) is 0 Å². The number of benzene rings is 1. The van der Waals surface area contributed by atoms with Gasteiger partial charge in [0.1, 0.15) is 17.2 Å². The third-order valence-corrected chi connectivity index (χ3v) is 6.59. The first kappa shape index (κ1) is 23.1. The van der Waals surface area contributed by atoms with E-state index in [1.165, 1.54) is 12.5 Å². The van der Waals surface area contributed by atoms with Gasteiger partial charge < -0.3 is 19.6 Å². The van der Waals surface area contributed by atoms with E-state index < -0.39 is 23.7 Å². The number of aromatic carboxylic acids is 1. The number of hydrogen-bond acceptors (Lipinski definition) is 5. The molecule has 1 saturated heterocycles. The summed E-state index contributed by atoms with van der Waals surface area (Å²) in [5, 5.41) is 12.7. The highest BCUT2D eigenvalue weighted by atomic mass is 16.6. The Hall–Kier alpha value is -3.03. The van der Waals surface area contributed by atoms with E-state index in [0.717, 1.165) is 32.1 Å². The van der Waals surface area contributed by atoms with E-state index in [2.05, 4.69) is 5.32 Å². The topological polar surface area (TPSA) is 109 Å². The lowest BCUT2D eigenvalue weighted by Gasteiger charge is -2.34. The van der Waals surface area contributed by atoms with Crippen LogP contribution in [-0.2, 0) is 9.53 Å². The minimum Gasteiger partial charge on any atom is -0.475 e. The Morgan fingerprint density at radius 2 is 1.82 bits per heavy atom. The van der Waals surface area contributed by atoms with E-state index in [0.29, 0.717) is 29.1 Å². The molecule has 4 rings (SSSR count). The summed E-state index contributed by atoms with van der Waals surface area (Å²) < 4.78 is 10.9. The highest BCUT2D eigenvalue weighted by molar-refractivity contribution is 5.99. The van der Waals surface area contributed by atoms with Crippen molar-refractivity contribution in [2.75, 3.05) is 11.9 Å². The number of anilines is 1. The number of carboxylic acid groups (broad SMARTS) is 1. The van der Waals surface area contributed by atoms with Crippen molar-refractivity contribution in [2.45, 2.75) is 70.9 Å². The van der Waals surface area contributed by atoms with Crippen LogP contribution in [-0.4, -0.2) is 46.2 Å². The number of carboxylic acids is 1. The van der Waals surface area contributed by atoms with E-state index in [1.54, 1.807) is 23.1 Å². The summed E-state index contributed by atoms with van der Waals surface area (Å²) in [6.07, 6.45) is 6.02. The third kappa shape index (κ3) is 5.15. The van der Waals surface area contributed by atoms with Gasteiger partial charge in [-0.2, -0.15) is 0 Å². The van der Waals surface area contributed by atoms with Crippen LogP contribution in [0.2, 0.25) is 0 Å². The molecule has 0 bridgehead atoms. The van der Waals surface area contributed by atoms with E-state index >= 15 is 0 Å². The molecule has 1 aromatic heterocycles. The molecule has 178 valence electrons. The zero-order chi connectivity index (χ0) is 23.8. The van der Waals surface area contributed by atoms with E-state index in [9.17, 15) is 14.4 Å². The number of furan rings is 1. The molecule has 0 spiro atoms. The number of nitrogens with one attached hydrogen (secondary N) is 1. The van der Waals surface area contributed by atoms with Crippen LogP contribution in [0.3, 0.4) is 0 Å². The second kappa shape index (κ2) is 9.08. The average Bonchev–Trinajstić information content (AvgIpc) is 3.37. The highest BCUT2D eigenvalue weighted by Crippen LogP contribution is 2.40. The molecule has 8 nitrogen and oxygen atoms in total. The smallest absolute Gasteiger partial charge is 0.410 e. The molecule has 2 heterocycles. The van der Waals surface area contributed by atoms with Crippen molar-refractivity contribution in [3.05, 3.63) is 30.0 Å². The maximum atomic E-state index is 13.5. The Bertz CT molecular complexity index is 1050. The molecule has 1 aromatic carbocycles. The number of fused-ring (bicyclic) bond motifs is 1. The van der Waals surface area contributed by atoms with Crippen LogP contribution in [0.15, 0.2) is 28.7 Å². The second-order valence-corrected chi connectivity index (χ2v) is 10.1. The molecule has 1 saturated carbocycles. The fourth-order valence-corrected chi connectivity index (χ4v) is 5.18. The van der Waals surface area contributed by atoms with E-state index in [1.807, 2.05) is 20.8 Å². The molecule has 2 N–H and O–H groups in total. The molecule has 2 atom stereocenters. The summed E-state index contributed by atoms with van der Waals surface area (Å²) in [7, 11) is 0. The molecule has 2 aromatic rings. The highest BCUT2D eigenvalue weighted by Gasteiger charge is 2.46. The summed E-state index contributed by atoms with van der Waals surface area (Å²) in [6.45, 7) is 5.96. The Morgan fingerprint density at radius 1 is 1.09 bits per heavy atom. The number of ether oxygens (including phenoxy) is 1. The van der Waals surface area contributed by atoms with Crippen LogP contribution in [0.25, 0.3) is 11.0 Å². The van der Waals surface area contributed by atoms with Gasteiger partial charge in [-0.3, -0.25) is 9.69 Å². The van der Waals surface area contributed by atoms with Crippen molar-refractivity contribution in [2.24, 2.45) is 11.8 Å². The van der Waals surface area contributed by atoms with Crippen molar-refractivity contribution in [3.8, 4) is 0 Å². The first-order valence-electron chi connectivity index (χ1n) is 11.7. The summed E-state index contributed by atoms with van der Waals surface area (Å²) in [5.74, 6) is -1.04. The van der Waals surface area contributed by atoms with Crippen LogP contribution in [0.5, 0.6) is 0 Å². The second-order valence-electron chi connectivity index (χ2n) is 10.1. The molecule has 2 aliphatic rings. The number of amides is 2. The minimum absolute atomic E-state index is 0.0917. The van der Waals surface area contributed by atoms with Gasteiger partial charge in [-0.05, 0) is 63.3 Å². The first-order chi connectivity index (χ1) is 15.6. The number of likely N-dealkylation sites (tertiary alicyclic amines) is 1. The van der Waals surface area contributed by atoms with Crippen LogP contribution in [0, 0.1) is 11.8 Å². The predicted molar refractivity (Wildman–Crippen MR) is 123 cm³/mol. The van der Waals surface area contributed by atoms with Gasteiger partial charge in [-0.25, -0.2) is 9.59 Å². The molecule has 2 fully saturated rings. The van der Waals surface area contributed by atoms with Crippen molar-refractivity contribution >= 4 is 34.6 Å². The van der Waals surface area contributed by atoms with Gasteiger partial charge in [-0.1, -0.05) is 32.1 Å². The van der Waals surface area contributed by atoms with Gasteiger partial charge in [0.2, 0.25) is 11.7 Å². The predicted octanol–water partition coefficient (Wildman–Crippen LogP) is 5.28. The van der Waals surface area contributed by atoms with Crippen LogP contribution < -0.4 is 5.32 Å². The van der Waals surface area contributed by atoms with Crippen LogP contribution >= 0.6 is 0 Å². The lowest BCUT2D eigenvalue weighted by atomic mass is 9.76. The quantitative estimate of drug-likeness (QED) is 0.648. The normalized spacial score (nSPS) is 21.8. The molecule has 1 aliphatic carbocycles. The fraction of sp³-hybridized carbons (Fsp3) is 0.560. The van der Waals surface area contributed by atoms with Crippen LogP contribution in [0.4, 0.5) is 10.5 Å². The number of carbonyl (C=O) groups is 3. The van der Waals surface area contributed by atoms with Crippen LogP contribution in [0.1, 0.15) is 69.9 Å². The molecule has 0 unspecified atom stereocenters. The maximum Gasteiger partial charge on any atom is 0.410 e. The minimum atomic E-state index is -1.15. The molecule has 8 heteroatoms. The zero-order valence-corrected chi connectivity index (χ0v) is 19.4. The molecule has 33 heavy (non-hydrogen) atoms. The summed E-state index contributed by atoms with van der Waals surface area (Å²) in [5.41, 5.74) is 0.320. The maximum absolute atomic E-state index is 13.5. The summed E-state index contributed by atoms with van der Waals surface area (Å²) >= 11 is 0. The molecular formula is C25H32N2O6. The molecule has 2 amide bonds. The lowest BCUT2D eigenvalue weighted by molar-refractivity contribution is -0.122. The zero-order valence-electron chi connectivity index (χ0n) is 19.4. The fourth-order valence-electron chi connectivity index (χ4n) is 5.18. The van der Waals surface area contributed by atoms with Gasteiger partial charge in [0.25, 0.3) is 0 Å². The van der Waals surface area contributed by atoms with E-state index in [-0.39, 0.29) is 17.6 Å². The van der Waals surface area contributed by atoms with Gasteiger partial charge in [-0.15, -0.1) is 0 Å². The molecule has 0 radical (unpaired) electrons. The molecule has 1 aliphatic heterocycles. The standard InChI is InChI=1S/C25H32N2O6/c1-25(2,3)33-24(31)27-12-11-18(15-7-5-4-6-8-15)21(27)22(28)26-17-9-10-19-16(13-17)14-20(32-19)23(29)30/h9-10,13-15,18,21H,4-8,11-12H2,1-3H3,(H,26,28)(H,29,30)/t18-,21+/m0/s1. The summed E-state index contributed by atoms with van der Waals surface area (Å²) in [6, 6.07) is 5.83.